The molecule has 1 aliphatic heterocycles. The first kappa shape index (κ1) is 20.4. The summed E-state index contributed by atoms with van der Waals surface area (Å²) in [4.78, 5) is 11.7. The fourth-order valence-corrected chi connectivity index (χ4v) is 4.39. The maximum absolute atomic E-state index is 6.19. The Labute approximate surface area is 177 Å². The molecule has 0 atom stereocenters. The monoisotopic (exact) mass is 407 g/mol. The van der Waals surface area contributed by atoms with E-state index >= 15 is 0 Å². The molecule has 30 heavy (non-hydrogen) atoms. The fourth-order valence-electron chi connectivity index (χ4n) is 4.39. The molecular formula is C24H29N3O3. The van der Waals surface area contributed by atoms with Gasteiger partial charge in [-0.2, -0.15) is 0 Å². The summed E-state index contributed by atoms with van der Waals surface area (Å²) in [5.41, 5.74) is 1.38. The van der Waals surface area contributed by atoms with Crippen LogP contribution in [0.5, 0.6) is 11.5 Å². The van der Waals surface area contributed by atoms with Gasteiger partial charge in [-0.3, -0.25) is 4.98 Å². The molecule has 1 aromatic carbocycles. The molecule has 0 amide bonds. The molecule has 158 valence electrons. The van der Waals surface area contributed by atoms with Crippen molar-refractivity contribution in [1.29, 1.82) is 0 Å². The van der Waals surface area contributed by atoms with Gasteiger partial charge in [0.1, 0.15) is 5.82 Å². The van der Waals surface area contributed by atoms with Crippen molar-refractivity contribution in [2.75, 3.05) is 32.2 Å². The Kier molecular flexibility index (Phi) is 5.06. The van der Waals surface area contributed by atoms with Crippen molar-refractivity contribution in [3.8, 4) is 22.8 Å². The first-order valence-corrected chi connectivity index (χ1v) is 10.1. The number of methoxy groups -OCH3 is 2. The summed E-state index contributed by atoms with van der Waals surface area (Å²) in [6, 6.07) is 10.1. The molecule has 1 aliphatic rings. The van der Waals surface area contributed by atoms with Crippen LogP contribution in [0.3, 0.4) is 0 Å². The molecule has 0 N–H and O–H groups in total. The predicted octanol–water partition coefficient (Wildman–Crippen LogP) is 4.71. The van der Waals surface area contributed by atoms with Gasteiger partial charge in [0.25, 0.3) is 0 Å². The van der Waals surface area contributed by atoms with Gasteiger partial charge >= 0.3 is 0 Å². The second-order valence-corrected chi connectivity index (χ2v) is 8.97. The van der Waals surface area contributed by atoms with Gasteiger partial charge in [-0.25, -0.2) is 4.98 Å². The number of aromatic nitrogens is 2. The highest BCUT2D eigenvalue weighted by Crippen LogP contribution is 2.36. The molecule has 0 spiro atoms. The van der Waals surface area contributed by atoms with E-state index in [2.05, 4.69) is 49.7 Å². The summed E-state index contributed by atoms with van der Waals surface area (Å²) in [6.45, 7) is 10.1. The van der Waals surface area contributed by atoms with E-state index in [-0.39, 0.29) is 11.2 Å². The lowest BCUT2D eigenvalue weighted by Crippen LogP contribution is -2.57. The van der Waals surface area contributed by atoms with Crippen molar-refractivity contribution in [1.82, 2.24) is 9.97 Å². The molecule has 0 aliphatic carbocycles. The molecule has 2 aromatic heterocycles. The van der Waals surface area contributed by atoms with Crippen molar-refractivity contribution in [3.05, 3.63) is 42.7 Å². The first-order valence-electron chi connectivity index (χ1n) is 10.1. The molecule has 1 saturated heterocycles. The highest BCUT2D eigenvalue weighted by atomic mass is 16.5. The zero-order valence-corrected chi connectivity index (χ0v) is 18.5. The lowest BCUT2D eigenvalue weighted by atomic mass is 9.99. The lowest BCUT2D eigenvalue weighted by Gasteiger charge is -2.47. The Bertz CT molecular complexity index is 1050. The summed E-state index contributed by atoms with van der Waals surface area (Å²) in [5.74, 6) is 2.33. The van der Waals surface area contributed by atoms with Gasteiger partial charge in [-0.05, 0) is 63.4 Å². The summed E-state index contributed by atoms with van der Waals surface area (Å²) >= 11 is 0. The predicted molar refractivity (Wildman–Crippen MR) is 120 cm³/mol. The molecular weight excluding hydrogens is 378 g/mol. The van der Waals surface area contributed by atoms with Gasteiger partial charge < -0.3 is 19.1 Å². The van der Waals surface area contributed by atoms with Crippen LogP contribution in [-0.4, -0.2) is 48.5 Å². The molecule has 0 radical (unpaired) electrons. The molecule has 0 bridgehead atoms. The normalized spacial score (nSPS) is 17.7. The number of hydrogen-bond acceptors (Lipinski definition) is 6. The van der Waals surface area contributed by atoms with Crippen molar-refractivity contribution in [2.45, 2.75) is 38.9 Å². The van der Waals surface area contributed by atoms with Crippen LogP contribution in [0, 0.1) is 0 Å². The highest BCUT2D eigenvalue weighted by molar-refractivity contribution is 5.96. The standard InChI is InChI=1S/C24H29N3O3/c1-23(2)14-27(15-24(3,4)30-23)21-8-7-17(13-26-21)22-18-12-20(29-6)19(28-5)11-16(18)9-10-25-22/h7-13H,14-15H2,1-6H3. The van der Waals surface area contributed by atoms with E-state index in [0.29, 0.717) is 11.5 Å². The number of morpholine rings is 1. The molecule has 0 saturated carbocycles. The molecule has 3 heterocycles. The summed E-state index contributed by atoms with van der Waals surface area (Å²) in [7, 11) is 3.28. The van der Waals surface area contributed by atoms with Crippen LogP contribution in [0.25, 0.3) is 22.0 Å². The van der Waals surface area contributed by atoms with Gasteiger partial charge in [0.15, 0.2) is 11.5 Å². The number of rotatable bonds is 4. The number of hydrogen-bond donors (Lipinski definition) is 0. The average Bonchev–Trinajstić information content (AvgIpc) is 2.70. The third kappa shape index (κ3) is 3.92. The number of nitrogens with zero attached hydrogens (tertiary/aromatic N) is 3. The quantitative estimate of drug-likeness (QED) is 0.624. The maximum Gasteiger partial charge on any atom is 0.161 e. The van der Waals surface area contributed by atoms with E-state index < -0.39 is 0 Å². The van der Waals surface area contributed by atoms with Gasteiger partial charge in [0, 0.05) is 36.4 Å². The van der Waals surface area contributed by atoms with E-state index in [1.165, 1.54) is 0 Å². The number of ether oxygens (including phenoxy) is 3. The van der Waals surface area contributed by atoms with E-state index in [1.807, 2.05) is 30.6 Å². The maximum atomic E-state index is 6.19. The van der Waals surface area contributed by atoms with Gasteiger partial charge in [-0.1, -0.05) is 0 Å². The van der Waals surface area contributed by atoms with Gasteiger partial charge in [0.2, 0.25) is 0 Å². The van der Waals surface area contributed by atoms with E-state index in [4.69, 9.17) is 19.2 Å². The van der Waals surface area contributed by atoms with Crippen LogP contribution >= 0.6 is 0 Å². The van der Waals surface area contributed by atoms with Crippen molar-refractivity contribution >= 4 is 16.6 Å². The SMILES string of the molecule is COc1cc2ccnc(-c3ccc(N4CC(C)(C)OC(C)(C)C4)nc3)c2cc1OC. The zero-order valence-electron chi connectivity index (χ0n) is 18.5. The second-order valence-electron chi connectivity index (χ2n) is 8.97. The smallest absolute Gasteiger partial charge is 0.161 e. The minimum atomic E-state index is -0.227. The van der Waals surface area contributed by atoms with Crippen molar-refractivity contribution in [2.24, 2.45) is 0 Å². The van der Waals surface area contributed by atoms with E-state index in [9.17, 15) is 0 Å². The van der Waals surface area contributed by atoms with E-state index in [0.717, 1.165) is 40.9 Å². The molecule has 3 aromatic rings. The molecule has 0 unspecified atom stereocenters. The minimum absolute atomic E-state index is 0.227. The third-order valence-corrected chi connectivity index (χ3v) is 5.31. The number of pyridine rings is 2. The van der Waals surface area contributed by atoms with Crippen LogP contribution < -0.4 is 14.4 Å². The summed E-state index contributed by atoms with van der Waals surface area (Å²) in [6.07, 6.45) is 3.70. The lowest BCUT2D eigenvalue weighted by molar-refractivity contribution is -0.133. The van der Waals surface area contributed by atoms with Crippen molar-refractivity contribution < 1.29 is 14.2 Å². The van der Waals surface area contributed by atoms with Crippen molar-refractivity contribution in [3.63, 3.8) is 0 Å². The van der Waals surface area contributed by atoms with E-state index in [1.54, 1.807) is 14.2 Å². The Morgan fingerprint density at radius 3 is 2.17 bits per heavy atom. The number of fused-ring (bicyclic) bond motifs is 1. The largest absolute Gasteiger partial charge is 0.493 e. The van der Waals surface area contributed by atoms with Crippen LogP contribution in [0.1, 0.15) is 27.7 Å². The van der Waals surface area contributed by atoms with Crippen LogP contribution in [0.15, 0.2) is 42.7 Å². The Balaban J connectivity index is 1.70. The third-order valence-electron chi connectivity index (χ3n) is 5.31. The van der Waals surface area contributed by atoms with Crippen LogP contribution in [-0.2, 0) is 4.74 Å². The molecule has 6 nitrogen and oxygen atoms in total. The van der Waals surface area contributed by atoms with Crippen LogP contribution in [0.4, 0.5) is 5.82 Å². The highest BCUT2D eigenvalue weighted by Gasteiger charge is 2.38. The molecule has 4 rings (SSSR count). The van der Waals surface area contributed by atoms with Crippen LogP contribution in [0.2, 0.25) is 0 Å². The first-order chi connectivity index (χ1) is 14.2. The zero-order chi connectivity index (χ0) is 21.5. The second kappa shape index (κ2) is 7.43. The van der Waals surface area contributed by atoms with Gasteiger partial charge in [-0.15, -0.1) is 0 Å². The Hall–Kier alpha value is -2.86. The number of anilines is 1. The van der Waals surface area contributed by atoms with Gasteiger partial charge in [0.05, 0.1) is 31.1 Å². The Morgan fingerprint density at radius 2 is 1.57 bits per heavy atom. The summed E-state index contributed by atoms with van der Waals surface area (Å²) in [5, 5.41) is 2.04. The minimum Gasteiger partial charge on any atom is -0.493 e. The number of benzene rings is 1. The average molecular weight is 408 g/mol. The fraction of sp³-hybridized carbons (Fsp3) is 0.417. The topological polar surface area (TPSA) is 56.7 Å². The Morgan fingerprint density at radius 1 is 0.900 bits per heavy atom. The summed E-state index contributed by atoms with van der Waals surface area (Å²) < 4.78 is 17.1. The molecule has 1 fully saturated rings. The molecule has 6 heteroatoms.